The molecular weight excluding hydrogens is 382 g/mol. The fraction of sp³-hybridized carbons (Fsp3) is 0.556. The highest BCUT2D eigenvalue weighted by atomic mass is 79.9. The summed E-state index contributed by atoms with van der Waals surface area (Å²) in [4.78, 5) is 9.22. The molecule has 0 saturated carbocycles. The largest absolute Gasteiger partial charge is 0.396 e. The molecule has 0 aliphatic rings. The summed E-state index contributed by atoms with van der Waals surface area (Å²) >= 11 is 3.47. The van der Waals surface area contributed by atoms with Gasteiger partial charge in [-0.15, -0.1) is 0 Å². The average molecular weight is 410 g/mol. The molecular formula is C18H28BrN5O. The number of hydrogen-bond acceptors (Lipinski definition) is 3. The lowest BCUT2D eigenvalue weighted by atomic mass is 10.0. The quantitative estimate of drug-likeness (QED) is 0.439. The van der Waals surface area contributed by atoms with E-state index in [0.717, 1.165) is 54.1 Å². The minimum absolute atomic E-state index is 0.233. The molecule has 1 atom stereocenters. The van der Waals surface area contributed by atoms with Gasteiger partial charge in [0.1, 0.15) is 5.65 Å². The average Bonchev–Trinajstić information content (AvgIpc) is 2.99. The molecule has 2 aromatic rings. The van der Waals surface area contributed by atoms with Gasteiger partial charge in [0.15, 0.2) is 5.96 Å². The van der Waals surface area contributed by atoms with Gasteiger partial charge in [0.05, 0.1) is 12.2 Å². The number of guanidine groups is 1. The molecule has 2 heterocycles. The smallest absolute Gasteiger partial charge is 0.191 e. The third-order valence-corrected chi connectivity index (χ3v) is 4.47. The molecule has 0 bridgehead atoms. The van der Waals surface area contributed by atoms with Crippen LogP contribution in [-0.4, -0.2) is 40.1 Å². The number of halogens is 1. The lowest BCUT2D eigenvalue weighted by molar-refractivity contribution is 0.251. The Bertz CT molecular complexity index is 679. The molecule has 0 radical (unpaired) electrons. The first-order chi connectivity index (χ1) is 12.2. The third-order valence-electron chi connectivity index (χ3n) is 4.00. The molecule has 0 spiro atoms. The van der Waals surface area contributed by atoms with Gasteiger partial charge < -0.3 is 20.1 Å². The Kier molecular flexibility index (Phi) is 8.21. The lowest BCUT2D eigenvalue weighted by Crippen LogP contribution is -2.40. The van der Waals surface area contributed by atoms with Crippen LogP contribution in [0.25, 0.3) is 5.65 Å². The first-order valence-electron chi connectivity index (χ1n) is 8.92. The Morgan fingerprint density at radius 2 is 2.12 bits per heavy atom. The fourth-order valence-electron chi connectivity index (χ4n) is 2.78. The fourth-order valence-corrected chi connectivity index (χ4v) is 3.13. The molecule has 0 aromatic carbocycles. The van der Waals surface area contributed by atoms with Crippen LogP contribution >= 0.6 is 15.9 Å². The van der Waals surface area contributed by atoms with Crippen molar-refractivity contribution in [1.82, 2.24) is 20.0 Å². The van der Waals surface area contributed by atoms with Gasteiger partial charge >= 0.3 is 0 Å². The number of nitrogens with one attached hydrogen (secondary N) is 2. The van der Waals surface area contributed by atoms with Crippen LogP contribution in [0.5, 0.6) is 0 Å². The number of rotatable bonds is 9. The summed E-state index contributed by atoms with van der Waals surface area (Å²) in [6.07, 6.45) is 7.04. The van der Waals surface area contributed by atoms with Gasteiger partial charge in [-0.3, -0.25) is 0 Å². The molecule has 1 unspecified atom stereocenters. The van der Waals surface area contributed by atoms with Crippen LogP contribution in [0.15, 0.2) is 34.0 Å². The standard InChI is InChI=1S/C18H28BrN5O/c1-3-5-14(8-9-25)10-21-18(20-4-2)22-11-16-13-24-12-15(19)6-7-17(24)23-16/h6-7,12-14,25H,3-5,8-11H2,1-2H3,(H2,20,21,22). The molecule has 0 aliphatic carbocycles. The van der Waals surface area contributed by atoms with Crippen LogP contribution < -0.4 is 10.6 Å². The van der Waals surface area contributed by atoms with Crippen molar-refractivity contribution in [3.8, 4) is 0 Å². The summed E-state index contributed by atoms with van der Waals surface area (Å²) in [5, 5.41) is 15.8. The second-order valence-electron chi connectivity index (χ2n) is 6.09. The number of aromatic nitrogens is 2. The molecule has 0 amide bonds. The van der Waals surface area contributed by atoms with Crippen molar-refractivity contribution in [2.24, 2.45) is 10.9 Å². The summed E-state index contributed by atoms with van der Waals surface area (Å²) < 4.78 is 3.02. The third kappa shape index (κ3) is 6.32. The molecule has 0 aliphatic heterocycles. The lowest BCUT2D eigenvalue weighted by Gasteiger charge is -2.18. The molecule has 0 fully saturated rings. The van der Waals surface area contributed by atoms with Gasteiger partial charge in [0, 0.05) is 36.6 Å². The number of imidazole rings is 1. The van der Waals surface area contributed by atoms with Gasteiger partial charge in [-0.05, 0) is 53.7 Å². The van der Waals surface area contributed by atoms with Crippen LogP contribution in [0.2, 0.25) is 0 Å². The molecule has 25 heavy (non-hydrogen) atoms. The summed E-state index contributed by atoms with van der Waals surface area (Å²) in [5.74, 6) is 1.26. The summed E-state index contributed by atoms with van der Waals surface area (Å²) in [6, 6.07) is 3.96. The predicted molar refractivity (Wildman–Crippen MR) is 106 cm³/mol. The predicted octanol–water partition coefficient (Wildman–Crippen LogP) is 2.95. The van der Waals surface area contributed by atoms with E-state index in [1.54, 1.807) is 0 Å². The highest BCUT2D eigenvalue weighted by molar-refractivity contribution is 9.10. The van der Waals surface area contributed by atoms with Crippen LogP contribution in [0.3, 0.4) is 0 Å². The topological polar surface area (TPSA) is 74.0 Å². The van der Waals surface area contributed by atoms with Crippen LogP contribution in [0.1, 0.15) is 38.8 Å². The van der Waals surface area contributed by atoms with E-state index >= 15 is 0 Å². The van der Waals surface area contributed by atoms with E-state index in [2.05, 4.69) is 50.4 Å². The van der Waals surface area contributed by atoms with Gasteiger partial charge in [0.2, 0.25) is 0 Å². The number of pyridine rings is 1. The van der Waals surface area contributed by atoms with Crippen molar-refractivity contribution in [2.45, 2.75) is 39.7 Å². The second kappa shape index (κ2) is 10.4. The van der Waals surface area contributed by atoms with E-state index in [1.807, 2.05) is 28.9 Å². The minimum atomic E-state index is 0.233. The number of nitrogens with zero attached hydrogens (tertiary/aromatic N) is 3. The van der Waals surface area contributed by atoms with E-state index in [0.29, 0.717) is 12.5 Å². The highest BCUT2D eigenvalue weighted by Crippen LogP contribution is 2.13. The molecule has 2 aromatic heterocycles. The molecule has 6 nitrogen and oxygen atoms in total. The van der Waals surface area contributed by atoms with Crippen molar-refractivity contribution in [3.05, 3.63) is 34.7 Å². The molecule has 2 rings (SSSR count). The zero-order chi connectivity index (χ0) is 18.1. The Hall–Kier alpha value is -1.60. The number of aliphatic hydroxyl groups excluding tert-OH is 1. The zero-order valence-corrected chi connectivity index (χ0v) is 16.6. The van der Waals surface area contributed by atoms with E-state index in [1.165, 1.54) is 0 Å². The van der Waals surface area contributed by atoms with E-state index < -0.39 is 0 Å². The van der Waals surface area contributed by atoms with Crippen molar-refractivity contribution in [3.63, 3.8) is 0 Å². The highest BCUT2D eigenvalue weighted by Gasteiger charge is 2.08. The normalized spacial score (nSPS) is 13.2. The van der Waals surface area contributed by atoms with E-state index in [-0.39, 0.29) is 6.61 Å². The maximum atomic E-state index is 9.18. The van der Waals surface area contributed by atoms with Gasteiger partial charge in [-0.2, -0.15) is 0 Å². The maximum Gasteiger partial charge on any atom is 0.191 e. The monoisotopic (exact) mass is 409 g/mol. The first kappa shape index (κ1) is 19.7. The maximum absolute atomic E-state index is 9.18. The Labute approximate surface area is 157 Å². The van der Waals surface area contributed by atoms with E-state index in [9.17, 15) is 5.11 Å². The summed E-state index contributed by atoms with van der Waals surface area (Å²) in [7, 11) is 0. The van der Waals surface area contributed by atoms with Gasteiger partial charge in [-0.1, -0.05) is 13.3 Å². The second-order valence-corrected chi connectivity index (χ2v) is 7.00. The van der Waals surface area contributed by atoms with Crippen molar-refractivity contribution >= 4 is 27.5 Å². The number of aliphatic imine (C=N–C) groups is 1. The Morgan fingerprint density at radius 3 is 2.84 bits per heavy atom. The SMILES string of the molecule is CCCC(CCO)CNC(=NCc1cn2cc(Br)ccc2n1)NCC. The van der Waals surface area contributed by atoms with Crippen LogP contribution in [0, 0.1) is 5.92 Å². The van der Waals surface area contributed by atoms with Crippen molar-refractivity contribution in [2.75, 3.05) is 19.7 Å². The Balaban J connectivity index is 1.99. The number of aliphatic hydroxyl groups is 1. The minimum Gasteiger partial charge on any atom is -0.396 e. The Morgan fingerprint density at radius 1 is 1.28 bits per heavy atom. The first-order valence-corrected chi connectivity index (χ1v) is 9.71. The molecule has 138 valence electrons. The van der Waals surface area contributed by atoms with Crippen molar-refractivity contribution < 1.29 is 5.11 Å². The number of fused-ring (bicyclic) bond motifs is 1. The zero-order valence-electron chi connectivity index (χ0n) is 15.0. The van der Waals surface area contributed by atoms with Gasteiger partial charge in [-0.25, -0.2) is 9.98 Å². The molecule has 3 N–H and O–H groups in total. The molecule has 0 saturated heterocycles. The van der Waals surface area contributed by atoms with E-state index in [4.69, 9.17) is 0 Å². The summed E-state index contributed by atoms with van der Waals surface area (Å²) in [5.41, 5.74) is 1.84. The van der Waals surface area contributed by atoms with Crippen molar-refractivity contribution in [1.29, 1.82) is 0 Å². The number of hydrogen-bond donors (Lipinski definition) is 3. The van der Waals surface area contributed by atoms with Gasteiger partial charge in [0.25, 0.3) is 0 Å². The van der Waals surface area contributed by atoms with Crippen LogP contribution in [-0.2, 0) is 6.54 Å². The molecule has 7 heteroatoms. The summed E-state index contributed by atoms with van der Waals surface area (Å²) in [6.45, 7) is 6.60. The van der Waals surface area contributed by atoms with Crippen LogP contribution in [0.4, 0.5) is 0 Å².